The molecule has 0 unspecified atom stereocenters. The molecule has 0 fully saturated rings. The quantitative estimate of drug-likeness (QED) is 0.768. The molecule has 9 heteroatoms. The maximum atomic E-state index is 12.3. The molecule has 0 aliphatic rings. The zero-order valence-electron chi connectivity index (χ0n) is 14.1. The molecule has 2 rings (SSSR count). The smallest absolute Gasteiger partial charge is 0.387 e. The molecule has 0 bridgehead atoms. The third kappa shape index (κ3) is 5.99. The SMILES string of the molecule is C[C@@H](NC(=O)c1cccc(OC(F)F)c1)c1ccc(NS(C)(=O)=O)cc1. The lowest BCUT2D eigenvalue weighted by atomic mass is 10.1. The van der Waals surface area contributed by atoms with E-state index in [9.17, 15) is 22.0 Å². The van der Waals surface area contributed by atoms with Gasteiger partial charge in [0, 0.05) is 11.3 Å². The van der Waals surface area contributed by atoms with E-state index in [4.69, 9.17) is 0 Å². The van der Waals surface area contributed by atoms with Gasteiger partial charge in [-0.2, -0.15) is 8.78 Å². The van der Waals surface area contributed by atoms with Crippen LogP contribution < -0.4 is 14.8 Å². The zero-order chi connectivity index (χ0) is 19.3. The Morgan fingerprint density at radius 3 is 2.35 bits per heavy atom. The van der Waals surface area contributed by atoms with Crippen molar-refractivity contribution in [2.24, 2.45) is 0 Å². The van der Waals surface area contributed by atoms with Crippen LogP contribution in [0.5, 0.6) is 5.75 Å². The number of hydrogen-bond acceptors (Lipinski definition) is 4. The van der Waals surface area contributed by atoms with Crippen molar-refractivity contribution in [1.29, 1.82) is 0 Å². The van der Waals surface area contributed by atoms with Crippen molar-refractivity contribution in [3.8, 4) is 5.75 Å². The Bertz CT molecular complexity index is 871. The van der Waals surface area contributed by atoms with Gasteiger partial charge in [-0.3, -0.25) is 9.52 Å². The fourth-order valence-electron chi connectivity index (χ4n) is 2.23. The number of ether oxygens (including phenoxy) is 1. The van der Waals surface area contributed by atoms with E-state index in [2.05, 4.69) is 14.8 Å². The summed E-state index contributed by atoms with van der Waals surface area (Å²) in [4.78, 5) is 12.3. The summed E-state index contributed by atoms with van der Waals surface area (Å²) < 4.78 is 53.5. The Morgan fingerprint density at radius 1 is 1.12 bits per heavy atom. The van der Waals surface area contributed by atoms with E-state index in [-0.39, 0.29) is 17.4 Å². The van der Waals surface area contributed by atoms with Gasteiger partial charge in [-0.25, -0.2) is 8.42 Å². The van der Waals surface area contributed by atoms with Gasteiger partial charge >= 0.3 is 6.61 Å². The Morgan fingerprint density at radius 2 is 1.77 bits per heavy atom. The number of carbonyl (C=O) groups excluding carboxylic acids is 1. The number of carbonyl (C=O) groups is 1. The minimum atomic E-state index is -3.36. The first-order valence-electron chi connectivity index (χ1n) is 7.57. The van der Waals surface area contributed by atoms with Gasteiger partial charge in [-0.05, 0) is 42.8 Å². The van der Waals surface area contributed by atoms with E-state index in [1.807, 2.05) is 0 Å². The average molecular weight is 384 g/mol. The summed E-state index contributed by atoms with van der Waals surface area (Å²) >= 11 is 0. The standard InChI is InChI=1S/C17H18F2N2O4S/c1-11(12-6-8-14(9-7-12)21-26(2,23)24)20-16(22)13-4-3-5-15(10-13)25-17(18)19/h3-11,17,21H,1-2H3,(H,20,22)/t11-/m1/s1. The van der Waals surface area contributed by atoms with Gasteiger partial charge < -0.3 is 10.1 Å². The van der Waals surface area contributed by atoms with Crippen LogP contribution in [0.15, 0.2) is 48.5 Å². The highest BCUT2D eigenvalue weighted by Crippen LogP contribution is 2.19. The second-order valence-electron chi connectivity index (χ2n) is 5.60. The summed E-state index contributed by atoms with van der Waals surface area (Å²) in [6.45, 7) is -1.22. The lowest BCUT2D eigenvalue weighted by Crippen LogP contribution is -2.26. The van der Waals surface area contributed by atoms with Crippen LogP contribution >= 0.6 is 0 Å². The topological polar surface area (TPSA) is 84.5 Å². The summed E-state index contributed by atoms with van der Waals surface area (Å²) in [5.41, 5.74) is 1.34. The fourth-order valence-corrected chi connectivity index (χ4v) is 2.79. The maximum absolute atomic E-state index is 12.3. The van der Waals surface area contributed by atoms with Crippen molar-refractivity contribution < 1.29 is 26.7 Å². The zero-order valence-corrected chi connectivity index (χ0v) is 14.9. The monoisotopic (exact) mass is 384 g/mol. The van der Waals surface area contributed by atoms with Crippen molar-refractivity contribution in [2.45, 2.75) is 19.6 Å². The average Bonchev–Trinajstić information content (AvgIpc) is 2.53. The Hall–Kier alpha value is -2.68. The first-order chi connectivity index (χ1) is 12.1. The van der Waals surface area contributed by atoms with Crippen molar-refractivity contribution in [3.05, 3.63) is 59.7 Å². The van der Waals surface area contributed by atoms with Crippen molar-refractivity contribution in [3.63, 3.8) is 0 Å². The number of nitrogens with one attached hydrogen (secondary N) is 2. The van der Waals surface area contributed by atoms with Crippen molar-refractivity contribution >= 4 is 21.6 Å². The van der Waals surface area contributed by atoms with Crippen molar-refractivity contribution in [1.82, 2.24) is 5.32 Å². The lowest BCUT2D eigenvalue weighted by Gasteiger charge is -2.15. The van der Waals surface area contributed by atoms with Crippen LogP contribution in [-0.2, 0) is 10.0 Å². The van der Waals surface area contributed by atoms with Crippen molar-refractivity contribution in [2.75, 3.05) is 11.0 Å². The van der Waals surface area contributed by atoms with E-state index in [1.54, 1.807) is 31.2 Å². The molecular weight excluding hydrogens is 366 g/mol. The maximum Gasteiger partial charge on any atom is 0.387 e. The largest absolute Gasteiger partial charge is 0.435 e. The fraction of sp³-hybridized carbons (Fsp3) is 0.235. The van der Waals surface area contributed by atoms with Gasteiger partial charge in [0.15, 0.2) is 0 Å². The molecule has 0 spiro atoms. The molecule has 6 nitrogen and oxygen atoms in total. The second kappa shape index (κ2) is 8.13. The predicted molar refractivity (Wildman–Crippen MR) is 93.9 cm³/mol. The number of halogens is 2. The molecule has 0 heterocycles. The van der Waals surface area contributed by atoms with Crippen LogP contribution in [0.1, 0.15) is 28.9 Å². The van der Waals surface area contributed by atoms with Crippen LogP contribution in [-0.4, -0.2) is 27.2 Å². The highest BCUT2D eigenvalue weighted by atomic mass is 32.2. The number of anilines is 1. The number of hydrogen-bond donors (Lipinski definition) is 2. The first kappa shape index (κ1) is 19.6. The molecule has 0 saturated carbocycles. The number of alkyl halides is 2. The molecule has 0 saturated heterocycles. The van der Waals surface area contributed by atoms with E-state index in [0.29, 0.717) is 5.69 Å². The highest BCUT2D eigenvalue weighted by molar-refractivity contribution is 7.92. The first-order valence-corrected chi connectivity index (χ1v) is 9.46. The molecule has 0 radical (unpaired) electrons. The molecule has 0 aliphatic carbocycles. The highest BCUT2D eigenvalue weighted by Gasteiger charge is 2.13. The molecule has 140 valence electrons. The van der Waals surface area contributed by atoms with Gasteiger partial charge in [0.25, 0.3) is 5.91 Å². The van der Waals surface area contributed by atoms with E-state index < -0.39 is 22.5 Å². The third-order valence-electron chi connectivity index (χ3n) is 3.38. The van der Waals surface area contributed by atoms with Crippen LogP contribution in [0.4, 0.5) is 14.5 Å². The molecule has 2 aromatic rings. The molecule has 1 amide bonds. The van der Waals surface area contributed by atoms with Gasteiger partial charge in [-0.1, -0.05) is 18.2 Å². The Labute approximate surface area is 150 Å². The van der Waals surface area contributed by atoms with E-state index in [0.717, 1.165) is 11.8 Å². The molecule has 1 atom stereocenters. The second-order valence-corrected chi connectivity index (χ2v) is 7.35. The van der Waals surface area contributed by atoms with E-state index in [1.165, 1.54) is 24.3 Å². The van der Waals surface area contributed by atoms with Gasteiger partial charge in [0.2, 0.25) is 10.0 Å². The summed E-state index contributed by atoms with van der Waals surface area (Å²) in [5.74, 6) is -0.549. The molecule has 26 heavy (non-hydrogen) atoms. The molecule has 0 aliphatic heterocycles. The van der Waals surface area contributed by atoms with E-state index >= 15 is 0 Å². The number of benzene rings is 2. The molecule has 2 N–H and O–H groups in total. The predicted octanol–water partition coefficient (Wildman–Crippen LogP) is 3.15. The van der Waals surface area contributed by atoms with Gasteiger partial charge in [-0.15, -0.1) is 0 Å². The molecular formula is C17H18F2N2O4S. The van der Waals surface area contributed by atoms with Gasteiger partial charge in [0.05, 0.1) is 12.3 Å². The lowest BCUT2D eigenvalue weighted by molar-refractivity contribution is -0.0498. The number of rotatable bonds is 7. The summed E-state index contributed by atoms with van der Waals surface area (Å²) in [7, 11) is -3.36. The van der Waals surface area contributed by atoms with Crippen LogP contribution in [0.2, 0.25) is 0 Å². The Kier molecular flexibility index (Phi) is 6.14. The van der Waals surface area contributed by atoms with Crippen LogP contribution in [0.3, 0.4) is 0 Å². The molecule has 0 aromatic heterocycles. The Balaban J connectivity index is 2.05. The van der Waals surface area contributed by atoms with Gasteiger partial charge in [0.1, 0.15) is 5.75 Å². The number of amides is 1. The minimum absolute atomic E-state index is 0.100. The molecule has 2 aromatic carbocycles. The summed E-state index contributed by atoms with van der Waals surface area (Å²) in [5, 5.41) is 2.74. The third-order valence-corrected chi connectivity index (χ3v) is 3.99. The normalized spacial score (nSPS) is 12.5. The summed E-state index contributed by atoms with van der Waals surface area (Å²) in [6.07, 6.45) is 1.05. The van der Waals surface area contributed by atoms with Crippen LogP contribution in [0, 0.1) is 0 Å². The van der Waals surface area contributed by atoms with Crippen LogP contribution in [0.25, 0.3) is 0 Å². The summed E-state index contributed by atoms with van der Waals surface area (Å²) in [6, 6.07) is 11.6. The minimum Gasteiger partial charge on any atom is -0.435 e. The number of sulfonamides is 1.